The van der Waals surface area contributed by atoms with E-state index in [2.05, 4.69) is 15.1 Å². The molecule has 4 atom stereocenters. The van der Waals surface area contributed by atoms with Crippen molar-refractivity contribution in [2.45, 2.75) is 24.4 Å². The van der Waals surface area contributed by atoms with Crippen LogP contribution in [-0.4, -0.2) is 65.6 Å². The third-order valence-corrected chi connectivity index (χ3v) is 4.59. The van der Waals surface area contributed by atoms with Crippen LogP contribution in [0.5, 0.6) is 0 Å². The first kappa shape index (κ1) is 17.5. The maximum Gasteiger partial charge on any atom is 0.232 e. The molecule has 1 aliphatic rings. The molecule has 1 aliphatic heterocycles. The number of ether oxygens (including phenoxy) is 1. The predicted molar refractivity (Wildman–Crippen MR) is 91.8 cm³/mol. The van der Waals surface area contributed by atoms with Crippen LogP contribution in [0.2, 0.25) is 0 Å². The number of hydrogen-bond acceptors (Lipinski definition) is 9. The van der Waals surface area contributed by atoms with E-state index in [4.69, 9.17) is 10.5 Å². The van der Waals surface area contributed by atoms with Crippen molar-refractivity contribution in [3.8, 4) is 0 Å². The number of benzene rings is 1. The molecule has 0 unspecified atom stereocenters. The van der Waals surface area contributed by atoms with Crippen LogP contribution >= 0.6 is 0 Å². The van der Waals surface area contributed by atoms with E-state index in [-0.39, 0.29) is 17.0 Å². The van der Waals surface area contributed by atoms with Crippen LogP contribution in [0.1, 0.15) is 27.8 Å². The van der Waals surface area contributed by atoms with Crippen molar-refractivity contribution in [3.05, 3.63) is 53.7 Å². The number of hydrogen-bond donors (Lipinski definition) is 4. The number of carbonyl (C=O) groups is 1. The number of nitrogens with two attached hydrogens (primary N) is 1. The number of fused-ring (bicyclic) bond motifs is 1. The third-order valence-electron chi connectivity index (χ3n) is 4.59. The van der Waals surface area contributed by atoms with Gasteiger partial charge in [-0.3, -0.25) is 4.79 Å². The number of nitrogen functional groups attached to an aromatic ring is 1. The summed E-state index contributed by atoms with van der Waals surface area (Å²) in [7, 11) is 0. The minimum atomic E-state index is -1.27. The van der Waals surface area contributed by atoms with Crippen molar-refractivity contribution in [1.82, 2.24) is 19.6 Å². The fraction of sp³-hybridized carbons (Fsp3) is 0.294. The first-order valence-electron chi connectivity index (χ1n) is 8.23. The van der Waals surface area contributed by atoms with Crippen LogP contribution in [0.15, 0.2) is 36.8 Å². The fourth-order valence-electron chi connectivity index (χ4n) is 3.17. The van der Waals surface area contributed by atoms with Crippen LogP contribution in [-0.2, 0) is 4.74 Å². The van der Waals surface area contributed by atoms with Gasteiger partial charge >= 0.3 is 0 Å². The summed E-state index contributed by atoms with van der Waals surface area (Å²) < 4.78 is 6.76. The van der Waals surface area contributed by atoms with Crippen molar-refractivity contribution in [3.63, 3.8) is 0 Å². The monoisotopic (exact) mass is 371 g/mol. The van der Waals surface area contributed by atoms with Crippen LogP contribution < -0.4 is 5.73 Å². The summed E-state index contributed by atoms with van der Waals surface area (Å²) >= 11 is 0. The van der Waals surface area contributed by atoms with E-state index in [0.29, 0.717) is 11.3 Å². The molecule has 0 bridgehead atoms. The summed E-state index contributed by atoms with van der Waals surface area (Å²) in [4.78, 5) is 21.0. The zero-order chi connectivity index (χ0) is 19.1. The summed E-state index contributed by atoms with van der Waals surface area (Å²) in [6.07, 6.45) is -1.80. The second-order valence-electron chi connectivity index (χ2n) is 6.21. The van der Waals surface area contributed by atoms with Gasteiger partial charge in [-0.2, -0.15) is 9.61 Å². The van der Waals surface area contributed by atoms with Crippen molar-refractivity contribution in [1.29, 1.82) is 0 Å². The number of para-hydroxylation sites is 1. The zero-order valence-corrected chi connectivity index (χ0v) is 14.0. The molecular formula is C17H17N5O5. The number of carbonyl (C=O) groups excluding carboxylic acids is 1. The Hall–Kier alpha value is -2.92. The lowest BCUT2D eigenvalue weighted by atomic mass is 10.0. The maximum absolute atomic E-state index is 12.8. The van der Waals surface area contributed by atoms with Gasteiger partial charge in [-0.05, 0) is 12.1 Å². The van der Waals surface area contributed by atoms with Gasteiger partial charge in [-0.1, -0.05) is 12.1 Å². The number of anilines is 1. The molecule has 4 rings (SSSR count). The standard InChI is InChI=1S/C17H17N5O5/c18-10-4-2-1-3-8(10)12(24)17-20-7-19-16-9(5-21-22(16)17)15-14(26)13(25)11(6-23)27-15/h1-5,7,11,13-15,23,25-26H,6,18H2/t11-,13-,14-,15+/m1/s1. The molecule has 3 aromatic rings. The van der Waals surface area contributed by atoms with Gasteiger partial charge in [-0.25, -0.2) is 9.97 Å². The number of aliphatic hydroxyl groups excluding tert-OH is 3. The minimum absolute atomic E-state index is 0.00380. The van der Waals surface area contributed by atoms with Gasteiger partial charge in [0.15, 0.2) is 5.65 Å². The van der Waals surface area contributed by atoms with Crippen LogP contribution in [0, 0.1) is 0 Å². The van der Waals surface area contributed by atoms with Crippen LogP contribution in [0.3, 0.4) is 0 Å². The summed E-state index contributed by atoms with van der Waals surface area (Å²) in [5.41, 5.74) is 7.08. The Labute approximate surface area is 152 Å². The normalized spacial score (nSPS) is 25.1. The van der Waals surface area contributed by atoms with Gasteiger partial charge in [0.25, 0.3) is 0 Å². The lowest BCUT2D eigenvalue weighted by Gasteiger charge is -2.13. The average molecular weight is 371 g/mol. The lowest BCUT2D eigenvalue weighted by Crippen LogP contribution is -2.32. The highest BCUT2D eigenvalue weighted by Crippen LogP contribution is 2.35. The Morgan fingerprint density at radius 2 is 2.00 bits per heavy atom. The topological polar surface area (TPSA) is 156 Å². The second kappa shape index (κ2) is 6.67. The molecule has 5 N–H and O–H groups in total. The molecule has 2 aromatic heterocycles. The molecular weight excluding hydrogens is 354 g/mol. The van der Waals surface area contributed by atoms with Crippen molar-refractivity contribution >= 4 is 17.1 Å². The minimum Gasteiger partial charge on any atom is -0.398 e. The zero-order valence-electron chi connectivity index (χ0n) is 14.0. The van der Waals surface area contributed by atoms with Gasteiger partial charge in [0.2, 0.25) is 11.6 Å². The average Bonchev–Trinajstić information content (AvgIpc) is 3.23. The molecule has 140 valence electrons. The van der Waals surface area contributed by atoms with E-state index in [1.54, 1.807) is 24.3 Å². The highest BCUT2D eigenvalue weighted by atomic mass is 16.6. The lowest BCUT2D eigenvalue weighted by molar-refractivity contribution is -0.0224. The summed E-state index contributed by atoms with van der Waals surface area (Å²) in [6, 6.07) is 6.60. The molecule has 10 heteroatoms. The SMILES string of the molecule is Nc1ccccc1C(=O)c1ncnc2c([C@@H]3O[C@H](CO)[C@@H](O)[C@H]3O)cnn12. The van der Waals surface area contributed by atoms with Gasteiger partial charge in [-0.15, -0.1) is 0 Å². The van der Waals surface area contributed by atoms with Gasteiger partial charge < -0.3 is 25.8 Å². The van der Waals surface area contributed by atoms with Gasteiger partial charge in [0.05, 0.1) is 12.8 Å². The first-order chi connectivity index (χ1) is 13.0. The third kappa shape index (κ3) is 2.75. The largest absolute Gasteiger partial charge is 0.398 e. The Morgan fingerprint density at radius 1 is 1.22 bits per heavy atom. The van der Waals surface area contributed by atoms with E-state index in [0.717, 1.165) is 0 Å². The van der Waals surface area contributed by atoms with Crippen molar-refractivity contribution in [2.24, 2.45) is 0 Å². The van der Waals surface area contributed by atoms with E-state index < -0.39 is 36.8 Å². The summed E-state index contributed by atoms with van der Waals surface area (Å²) in [5, 5.41) is 33.6. The Kier molecular flexibility index (Phi) is 4.32. The van der Waals surface area contributed by atoms with E-state index in [1.165, 1.54) is 17.0 Å². The molecule has 0 radical (unpaired) electrons. The Morgan fingerprint density at radius 3 is 2.70 bits per heavy atom. The molecule has 1 aromatic carbocycles. The van der Waals surface area contributed by atoms with E-state index >= 15 is 0 Å². The first-order valence-corrected chi connectivity index (χ1v) is 8.23. The van der Waals surface area contributed by atoms with Crippen molar-refractivity contribution in [2.75, 3.05) is 12.3 Å². The number of rotatable bonds is 4. The van der Waals surface area contributed by atoms with Crippen LogP contribution in [0.25, 0.3) is 5.65 Å². The molecule has 1 saturated heterocycles. The van der Waals surface area contributed by atoms with Gasteiger partial charge in [0, 0.05) is 16.8 Å². The molecule has 0 saturated carbocycles. The predicted octanol–water partition coefficient (Wildman–Crippen LogP) is -0.909. The molecule has 0 aliphatic carbocycles. The number of ketones is 1. The maximum atomic E-state index is 12.8. The Bertz CT molecular complexity index is 1010. The molecule has 10 nitrogen and oxygen atoms in total. The number of aliphatic hydroxyl groups is 3. The number of nitrogens with zero attached hydrogens (tertiary/aromatic N) is 4. The fourth-order valence-corrected chi connectivity index (χ4v) is 3.17. The molecule has 3 heterocycles. The molecule has 0 spiro atoms. The van der Waals surface area contributed by atoms with Crippen molar-refractivity contribution < 1.29 is 24.9 Å². The number of aromatic nitrogens is 4. The molecule has 27 heavy (non-hydrogen) atoms. The molecule has 1 fully saturated rings. The second-order valence-corrected chi connectivity index (χ2v) is 6.21. The van der Waals surface area contributed by atoms with E-state index in [1.807, 2.05) is 0 Å². The summed E-state index contributed by atoms with van der Waals surface area (Å²) in [6.45, 7) is -0.445. The van der Waals surface area contributed by atoms with Crippen LogP contribution in [0.4, 0.5) is 5.69 Å². The highest BCUT2D eigenvalue weighted by Gasteiger charge is 2.44. The highest BCUT2D eigenvalue weighted by molar-refractivity contribution is 6.10. The van der Waals surface area contributed by atoms with Gasteiger partial charge in [0.1, 0.15) is 30.7 Å². The smallest absolute Gasteiger partial charge is 0.232 e. The molecule has 0 amide bonds. The summed E-state index contributed by atoms with van der Waals surface area (Å²) in [5.74, 6) is -0.438. The quantitative estimate of drug-likeness (QED) is 0.337. The Balaban J connectivity index is 1.77. The van der Waals surface area contributed by atoms with E-state index in [9.17, 15) is 20.1 Å².